The Morgan fingerprint density at radius 1 is 1.43 bits per heavy atom. The summed E-state index contributed by atoms with van der Waals surface area (Å²) in [5.41, 5.74) is -0.686. The molecule has 1 aliphatic carbocycles. The van der Waals surface area contributed by atoms with Crippen LogP contribution in [-0.2, 0) is 0 Å². The van der Waals surface area contributed by atoms with E-state index in [-0.39, 0.29) is 11.5 Å². The van der Waals surface area contributed by atoms with Crippen LogP contribution < -0.4 is 5.32 Å². The quantitative estimate of drug-likeness (QED) is 0.656. The summed E-state index contributed by atoms with van der Waals surface area (Å²) in [4.78, 5) is 21.7. The summed E-state index contributed by atoms with van der Waals surface area (Å²) in [7, 11) is 0. The zero-order chi connectivity index (χ0) is 15.4. The number of carbonyl (C=O) groups excluding carboxylic acids is 1. The van der Waals surface area contributed by atoms with Crippen LogP contribution in [0.25, 0.3) is 0 Å². The summed E-state index contributed by atoms with van der Waals surface area (Å²) in [5.74, 6) is -1.48. The molecule has 0 bridgehead atoms. The Bertz CT molecular complexity index is 550. The monoisotopic (exact) mass is 296 g/mol. The van der Waals surface area contributed by atoms with Gasteiger partial charge in [0.2, 0.25) is 5.82 Å². The van der Waals surface area contributed by atoms with Crippen LogP contribution in [0, 0.1) is 21.8 Å². The van der Waals surface area contributed by atoms with E-state index in [1.165, 1.54) is 6.07 Å². The van der Waals surface area contributed by atoms with Crippen LogP contribution in [0.5, 0.6) is 0 Å². The highest BCUT2D eigenvalue weighted by Gasteiger charge is 2.24. The fraction of sp³-hybridized carbons (Fsp3) is 0.500. The second-order valence-corrected chi connectivity index (χ2v) is 5.25. The van der Waals surface area contributed by atoms with Gasteiger partial charge in [-0.25, -0.2) is 0 Å². The summed E-state index contributed by atoms with van der Waals surface area (Å²) < 4.78 is 13.2. The number of nitro groups is 1. The number of halogens is 1. The molecule has 1 saturated carbocycles. The summed E-state index contributed by atoms with van der Waals surface area (Å²) in [6.45, 7) is 0.311. The summed E-state index contributed by atoms with van der Waals surface area (Å²) in [6.07, 6.45) is 3.13. The van der Waals surface area contributed by atoms with Gasteiger partial charge in [0.1, 0.15) is 0 Å². The largest absolute Gasteiger partial charge is 0.393 e. The molecule has 2 rings (SSSR count). The molecule has 6 nitrogen and oxygen atoms in total. The third kappa shape index (κ3) is 3.75. The van der Waals surface area contributed by atoms with Crippen molar-refractivity contribution in [3.05, 3.63) is 39.7 Å². The second-order valence-electron chi connectivity index (χ2n) is 5.25. The Balaban J connectivity index is 2.00. The van der Waals surface area contributed by atoms with Crippen LogP contribution in [0.1, 0.15) is 36.0 Å². The number of carbonyl (C=O) groups is 1. The molecule has 0 radical (unpaired) electrons. The number of nitrogens with zero attached hydrogens (tertiary/aromatic N) is 1. The van der Waals surface area contributed by atoms with E-state index < -0.39 is 28.4 Å². The number of nitrogens with one attached hydrogen (secondary N) is 1. The Morgan fingerprint density at radius 2 is 2.14 bits per heavy atom. The van der Waals surface area contributed by atoms with Gasteiger partial charge in [-0.15, -0.1) is 0 Å². The van der Waals surface area contributed by atoms with Crippen molar-refractivity contribution in [1.82, 2.24) is 5.32 Å². The number of hydrogen-bond acceptors (Lipinski definition) is 4. The summed E-state index contributed by atoms with van der Waals surface area (Å²) in [6, 6.07) is 3.03. The van der Waals surface area contributed by atoms with Gasteiger partial charge in [-0.1, -0.05) is 12.8 Å². The number of aliphatic hydroxyl groups is 1. The van der Waals surface area contributed by atoms with E-state index in [0.29, 0.717) is 6.54 Å². The number of rotatable bonds is 4. The Hall–Kier alpha value is -2.02. The first-order chi connectivity index (χ1) is 9.99. The van der Waals surface area contributed by atoms with Crippen LogP contribution in [0.2, 0.25) is 0 Å². The lowest BCUT2D eigenvalue weighted by molar-refractivity contribution is -0.387. The van der Waals surface area contributed by atoms with Crippen LogP contribution in [-0.4, -0.2) is 28.6 Å². The van der Waals surface area contributed by atoms with Crippen molar-refractivity contribution in [2.45, 2.75) is 31.8 Å². The van der Waals surface area contributed by atoms with E-state index in [1.54, 1.807) is 0 Å². The maximum absolute atomic E-state index is 13.2. The molecule has 1 aromatic rings. The topological polar surface area (TPSA) is 92.5 Å². The molecular formula is C14H17FN2O4. The van der Waals surface area contributed by atoms with Crippen molar-refractivity contribution in [2.24, 2.45) is 5.92 Å². The standard InChI is InChI=1S/C14H17FN2O4/c15-11-6-5-9(7-12(11)17(20)21)14(19)16-8-10-3-1-2-4-13(10)18/h5-7,10,13,18H,1-4,8H2,(H,16,19). The maximum Gasteiger partial charge on any atom is 0.305 e. The van der Waals surface area contributed by atoms with Crippen molar-refractivity contribution in [3.63, 3.8) is 0 Å². The molecule has 0 aromatic heterocycles. The van der Waals surface area contributed by atoms with E-state index in [1.807, 2.05) is 0 Å². The number of aliphatic hydroxyl groups excluding tert-OH is 1. The van der Waals surface area contributed by atoms with Gasteiger partial charge in [0.25, 0.3) is 5.91 Å². The second kappa shape index (κ2) is 6.62. The minimum Gasteiger partial charge on any atom is -0.393 e. The number of hydrogen-bond donors (Lipinski definition) is 2. The molecule has 1 aromatic carbocycles. The molecular weight excluding hydrogens is 279 g/mol. The fourth-order valence-corrected chi connectivity index (χ4v) is 2.55. The normalized spacial score (nSPS) is 21.8. The van der Waals surface area contributed by atoms with Gasteiger partial charge < -0.3 is 10.4 Å². The van der Waals surface area contributed by atoms with Crippen molar-refractivity contribution in [2.75, 3.05) is 6.54 Å². The van der Waals surface area contributed by atoms with Crippen molar-refractivity contribution in [3.8, 4) is 0 Å². The molecule has 1 amide bonds. The van der Waals surface area contributed by atoms with Crippen LogP contribution >= 0.6 is 0 Å². The Morgan fingerprint density at radius 3 is 2.81 bits per heavy atom. The molecule has 0 aliphatic heterocycles. The molecule has 21 heavy (non-hydrogen) atoms. The average molecular weight is 296 g/mol. The third-order valence-electron chi connectivity index (χ3n) is 3.80. The van der Waals surface area contributed by atoms with Crippen molar-refractivity contribution >= 4 is 11.6 Å². The van der Waals surface area contributed by atoms with E-state index in [2.05, 4.69) is 5.32 Å². The zero-order valence-corrected chi connectivity index (χ0v) is 11.4. The molecule has 1 fully saturated rings. The lowest BCUT2D eigenvalue weighted by Gasteiger charge is -2.27. The first-order valence-corrected chi connectivity index (χ1v) is 6.89. The van der Waals surface area contributed by atoms with Gasteiger partial charge in [-0.05, 0) is 25.0 Å². The molecule has 2 atom stereocenters. The van der Waals surface area contributed by atoms with Crippen LogP contribution in [0.15, 0.2) is 18.2 Å². The Labute approximate surface area is 121 Å². The van der Waals surface area contributed by atoms with E-state index in [4.69, 9.17) is 0 Å². The maximum atomic E-state index is 13.2. The van der Waals surface area contributed by atoms with Crippen molar-refractivity contribution in [1.29, 1.82) is 0 Å². The molecule has 7 heteroatoms. The highest BCUT2D eigenvalue weighted by Crippen LogP contribution is 2.24. The number of benzene rings is 1. The van der Waals surface area contributed by atoms with Gasteiger partial charge in [0, 0.05) is 24.1 Å². The van der Waals surface area contributed by atoms with Gasteiger partial charge in [-0.2, -0.15) is 4.39 Å². The lowest BCUT2D eigenvalue weighted by Crippen LogP contribution is -2.36. The predicted octanol–water partition coefficient (Wildman–Crippen LogP) is 2.01. The first-order valence-electron chi connectivity index (χ1n) is 6.89. The van der Waals surface area contributed by atoms with Crippen molar-refractivity contribution < 1.29 is 19.2 Å². The average Bonchev–Trinajstić information content (AvgIpc) is 2.46. The van der Waals surface area contributed by atoms with E-state index >= 15 is 0 Å². The number of amides is 1. The third-order valence-corrected chi connectivity index (χ3v) is 3.80. The fourth-order valence-electron chi connectivity index (χ4n) is 2.55. The number of nitro benzene ring substituents is 1. The van der Waals surface area contributed by atoms with Gasteiger partial charge >= 0.3 is 5.69 Å². The molecule has 1 aliphatic rings. The van der Waals surface area contributed by atoms with Gasteiger partial charge in [-0.3, -0.25) is 14.9 Å². The minimum absolute atomic E-state index is 0.00173. The molecule has 0 spiro atoms. The van der Waals surface area contributed by atoms with E-state index in [0.717, 1.165) is 37.8 Å². The van der Waals surface area contributed by atoms with Crippen LogP contribution in [0.3, 0.4) is 0 Å². The predicted molar refractivity (Wildman–Crippen MR) is 73.4 cm³/mol. The molecule has 114 valence electrons. The highest BCUT2D eigenvalue weighted by atomic mass is 19.1. The first kappa shape index (κ1) is 15.4. The van der Waals surface area contributed by atoms with E-state index in [9.17, 15) is 24.4 Å². The SMILES string of the molecule is O=C(NCC1CCCCC1O)c1ccc(F)c([N+](=O)[O-])c1. The Kier molecular flexibility index (Phi) is 4.85. The van der Waals surface area contributed by atoms with Crippen LogP contribution in [0.4, 0.5) is 10.1 Å². The lowest BCUT2D eigenvalue weighted by atomic mass is 9.86. The molecule has 2 N–H and O–H groups in total. The van der Waals surface area contributed by atoms with Gasteiger partial charge in [0.05, 0.1) is 11.0 Å². The minimum atomic E-state index is -0.973. The zero-order valence-electron chi connectivity index (χ0n) is 11.4. The smallest absolute Gasteiger partial charge is 0.305 e. The molecule has 0 heterocycles. The summed E-state index contributed by atoms with van der Waals surface area (Å²) >= 11 is 0. The van der Waals surface area contributed by atoms with Gasteiger partial charge in [0.15, 0.2) is 0 Å². The molecule has 2 unspecified atom stereocenters. The molecule has 0 saturated heterocycles. The summed E-state index contributed by atoms with van der Waals surface area (Å²) in [5, 5.41) is 23.1. The highest BCUT2D eigenvalue weighted by molar-refractivity contribution is 5.94.